The van der Waals surface area contributed by atoms with E-state index >= 15 is 0 Å². The molecule has 1 aromatic heterocycles. The topological polar surface area (TPSA) is 85.2 Å². The van der Waals surface area contributed by atoms with Crippen LogP contribution in [0.25, 0.3) is 0 Å². The van der Waals surface area contributed by atoms with Gasteiger partial charge in [-0.15, -0.1) is 0 Å². The molecule has 1 aromatic carbocycles. The summed E-state index contributed by atoms with van der Waals surface area (Å²) in [6.45, 7) is 4.28. The number of unbranched alkanes of at least 4 members (excludes halogenated alkanes) is 3. The molecule has 0 radical (unpaired) electrons. The zero-order valence-electron chi connectivity index (χ0n) is 17.6. The molecule has 158 valence electrons. The fraction of sp³-hybridized carbons (Fsp3) is 0.500. The molecular weight excluding hydrogens is 368 g/mol. The molecule has 29 heavy (non-hydrogen) atoms. The molecule has 7 nitrogen and oxygen atoms in total. The summed E-state index contributed by atoms with van der Waals surface area (Å²) >= 11 is 0. The van der Waals surface area contributed by atoms with Gasteiger partial charge >= 0.3 is 0 Å². The standard InChI is InChI=1S/C22H32N4O3/c1-4-6-7-8-9-17(5-2)22(28)25-19-14-23-26(15-19)16-21(27)24-18-10-12-20(29-3)13-11-18/h10-15,17H,4-9,16H2,1-3H3,(H,24,27)(H,25,28). The Morgan fingerprint density at radius 3 is 2.48 bits per heavy atom. The third kappa shape index (κ3) is 7.60. The Hall–Kier alpha value is -2.83. The van der Waals surface area contributed by atoms with Crippen LogP contribution < -0.4 is 15.4 Å². The minimum absolute atomic E-state index is 0.00794. The number of methoxy groups -OCH3 is 1. The van der Waals surface area contributed by atoms with E-state index in [1.54, 1.807) is 43.8 Å². The first-order valence-electron chi connectivity index (χ1n) is 10.3. The van der Waals surface area contributed by atoms with Crippen LogP contribution in [0.2, 0.25) is 0 Å². The number of carbonyl (C=O) groups excluding carboxylic acids is 2. The third-order valence-electron chi connectivity index (χ3n) is 4.85. The lowest BCUT2D eigenvalue weighted by molar-refractivity contribution is -0.120. The predicted octanol–water partition coefficient (Wildman–Crippen LogP) is 4.47. The maximum Gasteiger partial charge on any atom is 0.246 e. The molecule has 0 bridgehead atoms. The van der Waals surface area contributed by atoms with Gasteiger partial charge in [0.25, 0.3) is 0 Å². The van der Waals surface area contributed by atoms with Crippen LogP contribution in [-0.4, -0.2) is 28.7 Å². The van der Waals surface area contributed by atoms with Gasteiger partial charge in [0.05, 0.1) is 19.0 Å². The van der Waals surface area contributed by atoms with E-state index in [4.69, 9.17) is 4.74 Å². The number of hydrogen-bond acceptors (Lipinski definition) is 4. The molecule has 2 N–H and O–H groups in total. The van der Waals surface area contributed by atoms with Crippen molar-refractivity contribution in [2.24, 2.45) is 5.92 Å². The molecule has 1 unspecified atom stereocenters. The first-order chi connectivity index (χ1) is 14.0. The molecule has 0 saturated carbocycles. The number of amides is 2. The molecule has 2 amide bonds. The van der Waals surface area contributed by atoms with Crippen molar-refractivity contribution in [2.75, 3.05) is 17.7 Å². The second kappa shape index (κ2) is 11.9. The summed E-state index contributed by atoms with van der Waals surface area (Å²) in [7, 11) is 1.59. The van der Waals surface area contributed by atoms with Crippen LogP contribution in [0.4, 0.5) is 11.4 Å². The van der Waals surface area contributed by atoms with Crippen molar-refractivity contribution in [1.29, 1.82) is 0 Å². The largest absolute Gasteiger partial charge is 0.497 e. The number of nitrogens with zero attached hydrogens (tertiary/aromatic N) is 2. The minimum atomic E-state index is -0.196. The Labute approximate surface area is 172 Å². The van der Waals surface area contributed by atoms with Gasteiger partial charge in [0.1, 0.15) is 12.3 Å². The van der Waals surface area contributed by atoms with Gasteiger partial charge in [-0.25, -0.2) is 0 Å². The van der Waals surface area contributed by atoms with Crippen LogP contribution in [-0.2, 0) is 16.1 Å². The summed E-state index contributed by atoms with van der Waals surface area (Å²) in [4.78, 5) is 24.7. The van der Waals surface area contributed by atoms with Crippen LogP contribution in [0.5, 0.6) is 5.75 Å². The number of ether oxygens (including phenoxy) is 1. The fourth-order valence-corrected chi connectivity index (χ4v) is 3.12. The Kier molecular flexibility index (Phi) is 9.21. The zero-order valence-corrected chi connectivity index (χ0v) is 17.6. The second-order valence-electron chi connectivity index (χ2n) is 7.15. The summed E-state index contributed by atoms with van der Waals surface area (Å²) in [5.41, 5.74) is 1.30. The van der Waals surface area contributed by atoms with Gasteiger partial charge in [0.2, 0.25) is 11.8 Å². The van der Waals surface area contributed by atoms with E-state index in [2.05, 4.69) is 22.7 Å². The summed E-state index contributed by atoms with van der Waals surface area (Å²) < 4.78 is 6.61. The highest BCUT2D eigenvalue weighted by molar-refractivity contribution is 5.92. The highest BCUT2D eigenvalue weighted by Gasteiger charge is 2.17. The number of hydrogen-bond donors (Lipinski definition) is 2. The Morgan fingerprint density at radius 2 is 1.83 bits per heavy atom. The van der Waals surface area contributed by atoms with Gasteiger partial charge in [-0.1, -0.05) is 39.5 Å². The highest BCUT2D eigenvalue weighted by atomic mass is 16.5. The van der Waals surface area contributed by atoms with Crippen LogP contribution in [0.15, 0.2) is 36.7 Å². The fourth-order valence-electron chi connectivity index (χ4n) is 3.12. The van der Waals surface area contributed by atoms with Crippen LogP contribution in [0, 0.1) is 5.92 Å². The monoisotopic (exact) mass is 400 g/mol. The van der Waals surface area contributed by atoms with Crippen molar-refractivity contribution in [3.05, 3.63) is 36.7 Å². The summed E-state index contributed by atoms with van der Waals surface area (Å²) in [6.07, 6.45) is 9.61. The molecule has 0 aliphatic carbocycles. The second-order valence-corrected chi connectivity index (χ2v) is 7.15. The summed E-state index contributed by atoms with van der Waals surface area (Å²) in [5, 5.41) is 9.90. The Balaban J connectivity index is 1.82. The lowest BCUT2D eigenvalue weighted by atomic mass is 9.97. The number of anilines is 2. The zero-order chi connectivity index (χ0) is 21.1. The summed E-state index contributed by atoms with van der Waals surface area (Å²) in [5.74, 6) is 0.560. The molecular formula is C22H32N4O3. The van der Waals surface area contributed by atoms with E-state index in [1.165, 1.54) is 23.9 Å². The van der Waals surface area contributed by atoms with Gasteiger partial charge in [0, 0.05) is 17.8 Å². The normalized spacial score (nSPS) is 11.7. The van der Waals surface area contributed by atoms with Gasteiger partial charge in [-0.3, -0.25) is 14.3 Å². The van der Waals surface area contributed by atoms with Gasteiger partial charge in [0.15, 0.2) is 0 Å². The quantitative estimate of drug-likeness (QED) is 0.515. The van der Waals surface area contributed by atoms with Crippen molar-refractivity contribution >= 4 is 23.2 Å². The first kappa shape index (κ1) is 22.5. The molecule has 2 rings (SSSR count). The lowest BCUT2D eigenvalue weighted by Crippen LogP contribution is -2.22. The van der Waals surface area contributed by atoms with Gasteiger partial charge < -0.3 is 15.4 Å². The predicted molar refractivity (Wildman–Crippen MR) is 115 cm³/mol. The molecule has 2 aromatic rings. The van der Waals surface area contributed by atoms with E-state index in [-0.39, 0.29) is 24.3 Å². The average molecular weight is 401 g/mol. The number of aromatic nitrogens is 2. The molecule has 0 aliphatic rings. The number of nitrogens with one attached hydrogen (secondary N) is 2. The summed E-state index contributed by atoms with van der Waals surface area (Å²) in [6, 6.07) is 7.11. The third-order valence-corrected chi connectivity index (χ3v) is 4.85. The highest BCUT2D eigenvalue weighted by Crippen LogP contribution is 2.18. The molecule has 7 heteroatoms. The molecule has 1 atom stereocenters. The van der Waals surface area contributed by atoms with Crippen LogP contribution >= 0.6 is 0 Å². The maximum atomic E-state index is 12.5. The first-order valence-corrected chi connectivity index (χ1v) is 10.3. The Morgan fingerprint density at radius 1 is 1.07 bits per heavy atom. The SMILES string of the molecule is CCCCCCC(CC)C(=O)Nc1cnn(CC(=O)Nc2ccc(OC)cc2)c1. The van der Waals surface area contributed by atoms with Crippen LogP contribution in [0.3, 0.4) is 0 Å². The van der Waals surface area contributed by atoms with E-state index in [9.17, 15) is 9.59 Å². The molecule has 0 aliphatic heterocycles. The van der Waals surface area contributed by atoms with E-state index in [0.29, 0.717) is 11.4 Å². The van der Waals surface area contributed by atoms with Crippen molar-refractivity contribution in [3.8, 4) is 5.75 Å². The molecule has 0 spiro atoms. The molecule has 1 heterocycles. The maximum absolute atomic E-state index is 12.5. The van der Waals surface area contributed by atoms with E-state index < -0.39 is 0 Å². The number of rotatable bonds is 12. The Bertz CT molecular complexity index is 771. The molecule has 0 saturated heterocycles. The van der Waals surface area contributed by atoms with Gasteiger partial charge in [-0.2, -0.15) is 5.10 Å². The van der Waals surface area contributed by atoms with Crippen molar-refractivity contribution in [2.45, 2.75) is 58.9 Å². The average Bonchev–Trinajstić information content (AvgIpc) is 3.15. The van der Waals surface area contributed by atoms with E-state index in [0.717, 1.165) is 25.0 Å². The van der Waals surface area contributed by atoms with Crippen molar-refractivity contribution in [1.82, 2.24) is 9.78 Å². The lowest BCUT2D eigenvalue weighted by Gasteiger charge is -2.13. The van der Waals surface area contributed by atoms with E-state index in [1.807, 2.05) is 6.92 Å². The number of benzene rings is 1. The van der Waals surface area contributed by atoms with Crippen molar-refractivity contribution in [3.63, 3.8) is 0 Å². The van der Waals surface area contributed by atoms with Gasteiger partial charge in [-0.05, 0) is 37.1 Å². The number of carbonyl (C=O) groups is 2. The molecule has 0 fully saturated rings. The minimum Gasteiger partial charge on any atom is -0.497 e. The smallest absolute Gasteiger partial charge is 0.246 e. The van der Waals surface area contributed by atoms with Crippen molar-refractivity contribution < 1.29 is 14.3 Å². The van der Waals surface area contributed by atoms with Crippen LogP contribution in [0.1, 0.15) is 52.4 Å².